The molecule has 1 aliphatic heterocycles. The Labute approximate surface area is 96.7 Å². The van der Waals surface area contributed by atoms with Crippen molar-refractivity contribution in [1.82, 2.24) is 0 Å². The van der Waals surface area contributed by atoms with Gasteiger partial charge in [0.15, 0.2) is 0 Å². The number of ether oxygens (including phenoxy) is 1. The van der Waals surface area contributed by atoms with E-state index in [-0.39, 0.29) is 5.41 Å². The van der Waals surface area contributed by atoms with E-state index in [1.165, 1.54) is 5.56 Å². The van der Waals surface area contributed by atoms with E-state index < -0.39 is 0 Å². The molecule has 0 aliphatic carbocycles. The van der Waals surface area contributed by atoms with Crippen LogP contribution in [-0.2, 0) is 4.74 Å². The molecule has 0 radical (unpaired) electrons. The minimum Gasteiger partial charge on any atom is -0.447 e. The van der Waals surface area contributed by atoms with Gasteiger partial charge in [0.1, 0.15) is 0 Å². The summed E-state index contributed by atoms with van der Waals surface area (Å²) in [7, 11) is 0. The molecule has 2 rings (SSSR count). The van der Waals surface area contributed by atoms with Crippen LogP contribution >= 0.6 is 0 Å². The maximum atomic E-state index is 5.65. The largest absolute Gasteiger partial charge is 0.447 e. The Bertz CT molecular complexity index is 469. The van der Waals surface area contributed by atoms with Crippen LogP contribution in [-0.4, -0.2) is 5.90 Å². The summed E-state index contributed by atoms with van der Waals surface area (Å²) in [6.45, 7) is 8.24. The molecular weight excluding hydrogens is 198 g/mol. The molecule has 0 saturated carbocycles. The van der Waals surface area contributed by atoms with Gasteiger partial charge in [-0.1, -0.05) is 18.2 Å². The van der Waals surface area contributed by atoms with Gasteiger partial charge in [0.2, 0.25) is 5.90 Å². The van der Waals surface area contributed by atoms with Gasteiger partial charge in [-0.05, 0) is 45.4 Å². The zero-order chi connectivity index (χ0) is 11.8. The molecule has 16 heavy (non-hydrogen) atoms. The van der Waals surface area contributed by atoms with Crippen LogP contribution < -0.4 is 0 Å². The molecule has 0 aromatic heterocycles. The summed E-state index contributed by atoms with van der Waals surface area (Å²) in [5.41, 5.74) is 2.04. The third-order valence-corrected chi connectivity index (χ3v) is 2.71. The van der Waals surface area contributed by atoms with Crippen molar-refractivity contribution in [3.63, 3.8) is 0 Å². The lowest BCUT2D eigenvalue weighted by molar-refractivity contribution is 0.408. The van der Waals surface area contributed by atoms with E-state index in [0.29, 0.717) is 0 Å². The number of para-hydroxylation sites is 1. The molecule has 0 bridgehead atoms. The van der Waals surface area contributed by atoms with Crippen molar-refractivity contribution in [2.75, 3.05) is 0 Å². The second-order valence-corrected chi connectivity index (χ2v) is 4.78. The van der Waals surface area contributed by atoms with Crippen LogP contribution in [0.1, 0.15) is 26.3 Å². The van der Waals surface area contributed by atoms with Gasteiger partial charge in [0.25, 0.3) is 0 Å². The first-order valence-electron chi connectivity index (χ1n) is 5.51. The molecule has 1 aliphatic rings. The lowest BCUT2D eigenvalue weighted by atomic mass is 9.94. The van der Waals surface area contributed by atoms with E-state index in [1.54, 1.807) is 0 Å². The Morgan fingerprint density at radius 3 is 2.38 bits per heavy atom. The monoisotopic (exact) mass is 215 g/mol. The molecule has 1 heterocycles. The summed E-state index contributed by atoms with van der Waals surface area (Å²) in [4.78, 5) is 4.60. The topological polar surface area (TPSA) is 21.6 Å². The number of nitrogens with zero attached hydrogens (tertiary/aromatic N) is 1. The van der Waals surface area contributed by atoms with E-state index in [0.717, 1.165) is 17.3 Å². The summed E-state index contributed by atoms with van der Waals surface area (Å²) in [5, 5.41) is 0. The van der Waals surface area contributed by atoms with Crippen molar-refractivity contribution in [2.24, 2.45) is 10.4 Å². The second-order valence-electron chi connectivity index (χ2n) is 4.78. The molecule has 0 fully saturated rings. The van der Waals surface area contributed by atoms with Crippen molar-refractivity contribution in [3.8, 4) is 0 Å². The van der Waals surface area contributed by atoms with Gasteiger partial charge >= 0.3 is 0 Å². The van der Waals surface area contributed by atoms with Crippen LogP contribution in [0.25, 0.3) is 0 Å². The van der Waals surface area contributed by atoms with Gasteiger partial charge in [-0.2, -0.15) is 0 Å². The Morgan fingerprint density at radius 2 is 1.81 bits per heavy atom. The summed E-state index contributed by atoms with van der Waals surface area (Å²) in [6.07, 6.45) is 2.10. The third kappa shape index (κ3) is 2.01. The minimum absolute atomic E-state index is 0.105. The first-order valence-corrected chi connectivity index (χ1v) is 5.51. The zero-order valence-corrected chi connectivity index (χ0v) is 10.2. The van der Waals surface area contributed by atoms with E-state index >= 15 is 0 Å². The maximum Gasteiger partial charge on any atom is 0.204 e. The predicted octanol–water partition coefficient (Wildman–Crippen LogP) is 3.99. The Balaban J connectivity index is 2.37. The van der Waals surface area contributed by atoms with E-state index in [2.05, 4.69) is 37.9 Å². The highest BCUT2D eigenvalue weighted by atomic mass is 16.5. The van der Waals surface area contributed by atoms with Crippen molar-refractivity contribution in [3.05, 3.63) is 41.7 Å². The average molecular weight is 215 g/mol. The molecule has 2 nitrogen and oxygen atoms in total. The quantitative estimate of drug-likeness (QED) is 0.694. The highest BCUT2D eigenvalue weighted by molar-refractivity contribution is 5.89. The summed E-state index contributed by atoms with van der Waals surface area (Å²) < 4.78 is 5.65. The van der Waals surface area contributed by atoms with Crippen LogP contribution in [0.5, 0.6) is 0 Å². The SMILES string of the molecule is CC1=CC(C)(C)C(=Nc2ccccc2C)O1. The van der Waals surface area contributed by atoms with Gasteiger partial charge < -0.3 is 4.74 Å². The molecule has 0 spiro atoms. The number of rotatable bonds is 1. The molecule has 2 heteroatoms. The number of benzene rings is 1. The normalized spacial score (nSPS) is 20.8. The number of aliphatic imine (C=N–C) groups is 1. The van der Waals surface area contributed by atoms with Crippen molar-refractivity contribution < 1.29 is 4.74 Å². The van der Waals surface area contributed by atoms with E-state index in [9.17, 15) is 0 Å². The zero-order valence-electron chi connectivity index (χ0n) is 10.2. The van der Waals surface area contributed by atoms with Crippen LogP contribution in [0.3, 0.4) is 0 Å². The standard InChI is InChI=1S/C14H17NO/c1-10-7-5-6-8-12(10)15-13-14(3,4)9-11(2)16-13/h5-9H,1-4H3. The number of hydrogen-bond donors (Lipinski definition) is 0. The van der Waals surface area contributed by atoms with Crippen LogP contribution in [0.15, 0.2) is 41.1 Å². The van der Waals surface area contributed by atoms with Gasteiger partial charge in [0, 0.05) is 0 Å². The third-order valence-electron chi connectivity index (χ3n) is 2.71. The lowest BCUT2D eigenvalue weighted by Gasteiger charge is -2.14. The number of aryl methyl sites for hydroxylation is 1. The second kappa shape index (κ2) is 3.78. The predicted molar refractivity (Wildman–Crippen MR) is 66.9 cm³/mol. The highest BCUT2D eigenvalue weighted by Gasteiger charge is 2.31. The summed E-state index contributed by atoms with van der Waals surface area (Å²) >= 11 is 0. The molecule has 0 unspecified atom stereocenters. The minimum atomic E-state index is -0.105. The number of allylic oxidation sites excluding steroid dienone is 1. The van der Waals surface area contributed by atoms with Crippen LogP contribution in [0.4, 0.5) is 5.69 Å². The van der Waals surface area contributed by atoms with Gasteiger partial charge in [-0.3, -0.25) is 0 Å². The molecule has 0 saturated heterocycles. The number of hydrogen-bond acceptors (Lipinski definition) is 2. The lowest BCUT2D eigenvalue weighted by Crippen LogP contribution is -2.17. The van der Waals surface area contributed by atoms with E-state index in [1.807, 2.05) is 25.1 Å². The average Bonchev–Trinajstić information content (AvgIpc) is 2.43. The Hall–Kier alpha value is -1.57. The smallest absolute Gasteiger partial charge is 0.204 e. The fourth-order valence-corrected chi connectivity index (χ4v) is 1.85. The van der Waals surface area contributed by atoms with Crippen LogP contribution in [0.2, 0.25) is 0 Å². The first kappa shape index (κ1) is 10.9. The fraction of sp³-hybridized carbons (Fsp3) is 0.357. The summed E-state index contributed by atoms with van der Waals surface area (Å²) in [5.74, 6) is 1.71. The van der Waals surface area contributed by atoms with Crippen molar-refractivity contribution in [2.45, 2.75) is 27.7 Å². The molecule has 84 valence electrons. The van der Waals surface area contributed by atoms with Crippen molar-refractivity contribution >= 4 is 11.6 Å². The van der Waals surface area contributed by atoms with Gasteiger partial charge in [-0.25, -0.2) is 4.99 Å². The molecular formula is C14H17NO. The molecule has 1 aromatic carbocycles. The van der Waals surface area contributed by atoms with E-state index in [4.69, 9.17) is 4.74 Å². The molecule has 0 atom stereocenters. The highest BCUT2D eigenvalue weighted by Crippen LogP contribution is 2.32. The van der Waals surface area contributed by atoms with Crippen LogP contribution in [0, 0.1) is 12.3 Å². The molecule has 1 aromatic rings. The molecule has 0 N–H and O–H groups in total. The first-order chi connectivity index (χ1) is 7.49. The Morgan fingerprint density at radius 1 is 1.12 bits per heavy atom. The fourth-order valence-electron chi connectivity index (χ4n) is 1.85. The van der Waals surface area contributed by atoms with Gasteiger partial charge in [0.05, 0.1) is 16.9 Å². The summed E-state index contributed by atoms with van der Waals surface area (Å²) in [6, 6.07) is 8.08. The Kier molecular flexibility index (Phi) is 2.58. The van der Waals surface area contributed by atoms with Crippen molar-refractivity contribution in [1.29, 1.82) is 0 Å². The molecule has 0 amide bonds. The maximum absolute atomic E-state index is 5.65. The van der Waals surface area contributed by atoms with Gasteiger partial charge in [-0.15, -0.1) is 0 Å².